The third-order valence-corrected chi connectivity index (χ3v) is 4.13. The van der Waals surface area contributed by atoms with Crippen molar-refractivity contribution in [3.05, 3.63) is 59.0 Å². The average molecular weight is 305 g/mol. The molecule has 0 spiro atoms. The SMILES string of the molecule is COc1ccc2[nH]cc(-c3nc4ccccc4n(C)c3=O)c2c1. The van der Waals surface area contributed by atoms with Crippen molar-refractivity contribution in [3.63, 3.8) is 0 Å². The Hall–Kier alpha value is -3.08. The minimum Gasteiger partial charge on any atom is -0.497 e. The summed E-state index contributed by atoms with van der Waals surface area (Å²) in [6, 6.07) is 13.4. The first-order valence-electron chi connectivity index (χ1n) is 7.30. The summed E-state index contributed by atoms with van der Waals surface area (Å²) in [5.74, 6) is 0.746. The molecule has 5 nitrogen and oxygen atoms in total. The van der Waals surface area contributed by atoms with E-state index in [0.29, 0.717) is 5.69 Å². The molecule has 23 heavy (non-hydrogen) atoms. The number of aromatic amines is 1. The van der Waals surface area contributed by atoms with Crippen LogP contribution >= 0.6 is 0 Å². The molecule has 0 bridgehead atoms. The van der Waals surface area contributed by atoms with E-state index in [2.05, 4.69) is 9.97 Å². The summed E-state index contributed by atoms with van der Waals surface area (Å²) in [4.78, 5) is 20.5. The van der Waals surface area contributed by atoms with E-state index in [9.17, 15) is 4.79 Å². The van der Waals surface area contributed by atoms with Gasteiger partial charge in [0, 0.05) is 29.7 Å². The zero-order valence-electron chi connectivity index (χ0n) is 12.8. The van der Waals surface area contributed by atoms with Crippen molar-refractivity contribution in [1.82, 2.24) is 14.5 Å². The molecular formula is C18H15N3O2. The molecule has 1 N–H and O–H groups in total. The molecule has 2 heterocycles. The number of H-pyrrole nitrogens is 1. The Morgan fingerprint density at radius 1 is 1.17 bits per heavy atom. The predicted molar refractivity (Wildman–Crippen MR) is 90.8 cm³/mol. The van der Waals surface area contributed by atoms with Gasteiger partial charge in [0.05, 0.1) is 18.1 Å². The van der Waals surface area contributed by atoms with Crippen LogP contribution in [-0.2, 0) is 7.05 Å². The molecule has 0 saturated heterocycles. The van der Waals surface area contributed by atoms with Gasteiger partial charge in [-0.25, -0.2) is 4.98 Å². The average Bonchev–Trinajstić information content (AvgIpc) is 3.01. The van der Waals surface area contributed by atoms with Gasteiger partial charge in [0.2, 0.25) is 0 Å². The third-order valence-electron chi connectivity index (χ3n) is 4.13. The highest BCUT2D eigenvalue weighted by atomic mass is 16.5. The van der Waals surface area contributed by atoms with Crippen LogP contribution in [0.2, 0.25) is 0 Å². The number of aromatic nitrogens is 3. The van der Waals surface area contributed by atoms with Gasteiger partial charge in [-0.05, 0) is 30.3 Å². The molecule has 4 rings (SSSR count). The van der Waals surface area contributed by atoms with Gasteiger partial charge < -0.3 is 14.3 Å². The zero-order valence-corrected chi connectivity index (χ0v) is 12.8. The van der Waals surface area contributed by atoms with E-state index < -0.39 is 0 Å². The number of fused-ring (bicyclic) bond motifs is 2. The van der Waals surface area contributed by atoms with E-state index in [1.54, 1.807) is 18.7 Å². The Labute approximate surface area is 132 Å². The molecule has 0 fully saturated rings. The van der Waals surface area contributed by atoms with Gasteiger partial charge in [-0.2, -0.15) is 0 Å². The largest absolute Gasteiger partial charge is 0.497 e. The van der Waals surface area contributed by atoms with Crippen molar-refractivity contribution in [2.45, 2.75) is 0 Å². The lowest BCUT2D eigenvalue weighted by atomic mass is 10.1. The Morgan fingerprint density at radius 2 is 2.00 bits per heavy atom. The molecule has 2 aromatic carbocycles. The summed E-state index contributed by atoms with van der Waals surface area (Å²) in [5.41, 5.74) is 3.65. The summed E-state index contributed by atoms with van der Waals surface area (Å²) in [6.07, 6.45) is 1.82. The van der Waals surface area contributed by atoms with Crippen LogP contribution in [0.4, 0.5) is 0 Å². The summed E-state index contributed by atoms with van der Waals surface area (Å²) in [6.45, 7) is 0. The lowest BCUT2D eigenvalue weighted by molar-refractivity contribution is 0.415. The molecule has 0 radical (unpaired) electrons. The van der Waals surface area contributed by atoms with Crippen LogP contribution in [0.3, 0.4) is 0 Å². The first-order valence-corrected chi connectivity index (χ1v) is 7.30. The molecule has 2 aromatic heterocycles. The predicted octanol–water partition coefficient (Wildman–Crippen LogP) is 3.09. The van der Waals surface area contributed by atoms with Gasteiger partial charge >= 0.3 is 0 Å². The fourth-order valence-electron chi connectivity index (χ4n) is 2.88. The van der Waals surface area contributed by atoms with E-state index in [-0.39, 0.29) is 5.56 Å². The number of ether oxygens (including phenoxy) is 1. The van der Waals surface area contributed by atoms with Gasteiger partial charge in [0.15, 0.2) is 0 Å². The minimum absolute atomic E-state index is 0.118. The molecule has 5 heteroatoms. The summed E-state index contributed by atoms with van der Waals surface area (Å²) < 4.78 is 6.92. The number of benzene rings is 2. The molecule has 0 aliphatic carbocycles. The van der Waals surface area contributed by atoms with E-state index in [1.165, 1.54) is 0 Å². The van der Waals surface area contributed by atoms with Crippen LogP contribution in [0.5, 0.6) is 5.75 Å². The highest BCUT2D eigenvalue weighted by molar-refractivity contribution is 5.96. The Morgan fingerprint density at radius 3 is 2.83 bits per heavy atom. The van der Waals surface area contributed by atoms with E-state index >= 15 is 0 Å². The fraction of sp³-hybridized carbons (Fsp3) is 0.111. The normalized spacial score (nSPS) is 11.2. The van der Waals surface area contributed by atoms with Gasteiger partial charge in [-0.3, -0.25) is 4.79 Å². The second kappa shape index (κ2) is 4.98. The molecule has 0 saturated carbocycles. The van der Waals surface area contributed by atoms with E-state index in [1.807, 2.05) is 48.7 Å². The monoisotopic (exact) mass is 305 g/mol. The Kier molecular flexibility index (Phi) is 2.94. The number of aryl methyl sites for hydroxylation is 1. The quantitative estimate of drug-likeness (QED) is 0.619. The van der Waals surface area contributed by atoms with Crippen molar-refractivity contribution in [2.24, 2.45) is 7.05 Å². The highest BCUT2D eigenvalue weighted by Gasteiger charge is 2.15. The fourth-order valence-corrected chi connectivity index (χ4v) is 2.88. The molecule has 0 amide bonds. The highest BCUT2D eigenvalue weighted by Crippen LogP contribution is 2.29. The van der Waals surface area contributed by atoms with Gasteiger partial charge in [-0.1, -0.05) is 12.1 Å². The molecule has 0 unspecified atom stereocenters. The van der Waals surface area contributed by atoms with Crippen LogP contribution in [0.1, 0.15) is 0 Å². The van der Waals surface area contributed by atoms with Crippen molar-refractivity contribution in [1.29, 1.82) is 0 Å². The molecule has 114 valence electrons. The number of nitrogens with one attached hydrogen (secondary N) is 1. The second-order valence-corrected chi connectivity index (χ2v) is 5.43. The standard InChI is InChI=1S/C18H15N3O2/c1-21-16-6-4-3-5-15(16)20-17(18(21)22)13-10-19-14-8-7-11(23-2)9-12(13)14/h3-10,19H,1-2H3. The Balaban J connectivity index is 2.06. The van der Waals surface area contributed by atoms with E-state index in [0.717, 1.165) is 33.2 Å². The maximum Gasteiger partial charge on any atom is 0.277 e. The Bertz CT molecular complexity index is 1090. The maximum atomic E-state index is 12.7. The van der Waals surface area contributed by atoms with Gasteiger partial charge in [-0.15, -0.1) is 0 Å². The number of hydrogen-bond acceptors (Lipinski definition) is 3. The van der Waals surface area contributed by atoms with E-state index in [4.69, 9.17) is 4.74 Å². The molecule has 0 aliphatic rings. The van der Waals surface area contributed by atoms with Crippen molar-refractivity contribution >= 4 is 21.9 Å². The molecule has 0 atom stereocenters. The van der Waals surface area contributed by atoms with Crippen molar-refractivity contribution in [3.8, 4) is 17.0 Å². The second-order valence-electron chi connectivity index (χ2n) is 5.43. The topological polar surface area (TPSA) is 59.9 Å². The smallest absolute Gasteiger partial charge is 0.277 e. The molecule has 0 aliphatic heterocycles. The van der Waals surface area contributed by atoms with Gasteiger partial charge in [0.25, 0.3) is 5.56 Å². The number of nitrogens with zero attached hydrogens (tertiary/aromatic N) is 2. The molecule has 4 aromatic rings. The number of rotatable bonds is 2. The first kappa shape index (κ1) is 13.6. The zero-order chi connectivity index (χ0) is 16.0. The minimum atomic E-state index is -0.118. The van der Waals surface area contributed by atoms with Crippen molar-refractivity contribution in [2.75, 3.05) is 7.11 Å². The van der Waals surface area contributed by atoms with Crippen LogP contribution in [0.15, 0.2) is 53.5 Å². The summed E-state index contributed by atoms with van der Waals surface area (Å²) in [7, 11) is 3.39. The van der Waals surface area contributed by atoms with Gasteiger partial charge in [0.1, 0.15) is 11.4 Å². The molecular weight excluding hydrogens is 290 g/mol. The number of hydrogen-bond donors (Lipinski definition) is 1. The van der Waals surface area contributed by atoms with Crippen LogP contribution in [0, 0.1) is 0 Å². The lowest BCUT2D eigenvalue weighted by Crippen LogP contribution is -2.20. The number of para-hydroxylation sites is 2. The van der Waals surface area contributed by atoms with Crippen molar-refractivity contribution < 1.29 is 4.74 Å². The first-order chi connectivity index (χ1) is 11.2. The summed E-state index contributed by atoms with van der Waals surface area (Å²) in [5, 5.41) is 0.921. The maximum absolute atomic E-state index is 12.7. The number of methoxy groups -OCH3 is 1. The lowest BCUT2D eigenvalue weighted by Gasteiger charge is -2.07. The van der Waals surface area contributed by atoms with Crippen LogP contribution < -0.4 is 10.3 Å². The third kappa shape index (κ3) is 2.01. The van der Waals surface area contributed by atoms with Crippen LogP contribution in [0.25, 0.3) is 33.2 Å². The summed E-state index contributed by atoms with van der Waals surface area (Å²) >= 11 is 0. The van der Waals surface area contributed by atoms with Crippen LogP contribution in [-0.4, -0.2) is 21.6 Å².